The smallest absolute Gasteiger partial charge is 0.222 e. The maximum atomic E-state index is 12.4. The number of nitrogens with two attached hydrogens (primary N) is 1. The van der Waals surface area contributed by atoms with Crippen LogP contribution in [0.2, 0.25) is 0 Å². The monoisotopic (exact) mass is 298 g/mol. The van der Waals surface area contributed by atoms with E-state index in [1.165, 1.54) is 0 Å². The molecule has 1 heterocycles. The van der Waals surface area contributed by atoms with Gasteiger partial charge in [-0.25, -0.2) is 0 Å². The molecule has 0 aromatic heterocycles. The van der Waals surface area contributed by atoms with Crippen molar-refractivity contribution in [3.8, 4) is 0 Å². The Hall–Kier alpha value is -0.610. The van der Waals surface area contributed by atoms with Crippen molar-refractivity contribution in [2.24, 2.45) is 17.6 Å². The van der Waals surface area contributed by atoms with E-state index < -0.39 is 0 Å². The lowest BCUT2D eigenvalue weighted by molar-refractivity contribution is -0.135. The summed E-state index contributed by atoms with van der Waals surface area (Å²) in [7, 11) is 0. The van der Waals surface area contributed by atoms with Crippen LogP contribution in [0.15, 0.2) is 0 Å². The van der Waals surface area contributed by atoms with Gasteiger partial charge in [-0.1, -0.05) is 20.8 Å². The zero-order valence-corrected chi connectivity index (χ0v) is 14.1. The molecule has 1 fully saturated rings. The predicted octanol–water partition coefficient (Wildman–Crippen LogP) is 2.81. The Bertz CT molecular complexity index is 295. The van der Waals surface area contributed by atoms with Gasteiger partial charge >= 0.3 is 0 Å². The maximum Gasteiger partial charge on any atom is 0.222 e. The van der Waals surface area contributed by atoms with Crippen LogP contribution in [0.4, 0.5) is 0 Å². The van der Waals surface area contributed by atoms with Crippen molar-refractivity contribution in [1.82, 2.24) is 4.90 Å². The summed E-state index contributed by atoms with van der Waals surface area (Å²) in [6, 6.07) is 0. The van der Waals surface area contributed by atoms with E-state index >= 15 is 0 Å². The summed E-state index contributed by atoms with van der Waals surface area (Å²) >= 11 is 0. The van der Waals surface area contributed by atoms with E-state index in [9.17, 15) is 4.79 Å². The van der Waals surface area contributed by atoms with Gasteiger partial charge in [-0.2, -0.15) is 0 Å². The van der Waals surface area contributed by atoms with Crippen molar-refractivity contribution in [3.05, 3.63) is 0 Å². The molecule has 1 rings (SSSR count). The fraction of sp³-hybridized carbons (Fsp3) is 0.941. The molecule has 21 heavy (non-hydrogen) atoms. The first-order chi connectivity index (χ1) is 10.1. The molecule has 0 aliphatic carbocycles. The second-order valence-corrected chi connectivity index (χ2v) is 6.59. The van der Waals surface area contributed by atoms with Gasteiger partial charge in [-0.3, -0.25) is 4.79 Å². The topological polar surface area (TPSA) is 55.6 Å². The molecule has 0 spiro atoms. The molecule has 2 N–H and O–H groups in total. The van der Waals surface area contributed by atoms with Gasteiger partial charge in [0.1, 0.15) is 0 Å². The minimum Gasteiger partial charge on any atom is -0.376 e. The lowest BCUT2D eigenvalue weighted by Crippen LogP contribution is -2.43. The number of carbonyl (C=O) groups excluding carboxylic acids is 1. The molecule has 0 aromatic carbocycles. The Morgan fingerprint density at radius 2 is 2.14 bits per heavy atom. The third-order valence-electron chi connectivity index (χ3n) is 4.50. The van der Waals surface area contributed by atoms with Crippen LogP contribution in [0.5, 0.6) is 0 Å². The Morgan fingerprint density at radius 3 is 2.76 bits per heavy atom. The Balaban J connectivity index is 2.36. The van der Waals surface area contributed by atoms with Gasteiger partial charge in [0.05, 0.1) is 6.10 Å². The highest BCUT2D eigenvalue weighted by Crippen LogP contribution is 2.22. The highest BCUT2D eigenvalue weighted by molar-refractivity contribution is 5.76. The largest absolute Gasteiger partial charge is 0.376 e. The van der Waals surface area contributed by atoms with Crippen LogP contribution >= 0.6 is 0 Å². The van der Waals surface area contributed by atoms with Gasteiger partial charge in [-0.05, 0) is 50.5 Å². The summed E-state index contributed by atoms with van der Waals surface area (Å²) < 4.78 is 5.80. The standard InChI is InChI=1S/C17H34N2O2/c1-4-12-21-16-6-5-11-19(13-16)17(20)8-7-15(9-10-18)14(2)3/h14-16H,4-13,18H2,1-3H3. The molecule has 0 bridgehead atoms. The number of amides is 1. The van der Waals surface area contributed by atoms with Crippen molar-refractivity contribution >= 4 is 5.91 Å². The van der Waals surface area contributed by atoms with Crippen LogP contribution < -0.4 is 5.73 Å². The van der Waals surface area contributed by atoms with E-state index in [0.717, 1.165) is 51.8 Å². The van der Waals surface area contributed by atoms with Crippen molar-refractivity contribution in [1.29, 1.82) is 0 Å². The quantitative estimate of drug-likeness (QED) is 0.712. The zero-order valence-electron chi connectivity index (χ0n) is 14.1. The summed E-state index contributed by atoms with van der Waals surface area (Å²) in [4.78, 5) is 14.4. The lowest BCUT2D eigenvalue weighted by Gasteiger charge is -2.33. The highest BCUT2D eigenvalue weighted by atomic mass is 16.5. The second kappa shape index (κ2) is 10.2. The summed E-state index contributed by atoms with van der Waals surface area (Å²) in [5.41, 5.74) is 5.67. The summed E-state index contributed by atoms with van der Waals surface area (Å²) in [5, 5.41) is 0. The first-order valence-corrected chi connectivity index (χ1v) is 8.67. The number of nitrogens with zero attached hydrogens (tertiary/aromatic N) is 1. The average Bonchev–Trinajstić information content (AvgIpc) is 2.49. The minimum atomic E-state index is 0.243. The lowest BCUT2D eigenvalue weighted by atomic mass is 9.88. The number of hydrogen-bond donors (Lipinski definition) is 1. The summed E-state index contributed by atoms with van der Waals surface area (Å²) in [5.74, 6) is 1.46. The van der Waals surface area contributed by atoms with E-state index in [2.05, 4.69) is 20.8 Å². The fourth-order valence-corrected chi connectivity index (χ4v) is 3.08. The average molecular weight is 298 g/mol. The van der Waals surface area contributed by atoms with Crippen LogP contribution in [-0.2, 0) is 9.53 Å². The van der Waals surface area contributed by atoms with Crippen LogP contribution in [-0.4, -0.2) is 43.2 Å². The molecule has 1 saturated heterocycles. The van der Waals surface area contributed by atoms with E-state index in [1.807, 2.05) is 4.90 Å². The molecule has 1 amide bonds. The van der Waals surface area contributed by atoms with Crippen molar-refractivity contribution in [3.63, 3.8) is 0 Å². The van der Waals surface area contributed by atoms with Gasteiger partial charge in [0, 0.05) is 26.1 Å². The number of rotatable bonds is 9. The Kier molecular flexibility index (Phi) is 8.93. The number of likely N-dealkylation sites (tertiary alicyclic amines) is 1. The van der Waals surface area contributed by atoms with E-state index in [4.69, 9.17) is 10.5 Å². The second-order valence-electron chi connectivity index (χ2n) is 6.59. The number of carbonyl (C=O) groups is 1. The first kappa shape index (κ1) is 18.4. The zero-order chi connectivity index (χ0) is 15.7. The molecule has 2 atom stereocenters. The van der Waals surface area contributed by atoms with E-state index in [-0.39, 0.29) is 6.10 Å². The highest BCUT2D eigenvalue weighted by Gasteiger charge is 2.24. The third-order valence-corrected chi connectivity index (χ3v) is 4.50. The predicted molar refractivity (Wildman–Crippen MR) is 87.1 cm³/mol. The molecule has 4 nitrogen and oxygen atoms in total. The van der Waals surface area contributed by atoms with Gasteiger partial charge in [-0.15, -0.1) is 0 Å². The molecule has 1 aliphatic heterocycles. The van der Waals surface area contributed by atoms with Crippen LogP contribution in [0.1, 0.15) is 59.3 Å². The minimum absolute atomic E-state index is 0.243. The van der Waals surface area contributed by atoms with Crippen LogP contribution in [0.25, 0.3) is 0 Å². The summed E-state index contributed by atoms with van der Waals surface area (Å²) in [6.45, 7) is 9.76. The van der Waals surface area contributed by atoms with Gasteiger partial charge < -0.3 is 15.4 Å². The summed E-state index contributed by atoms with van der Waals surface area (Å²) in [6.07, 6.45) is 6.08. The molecular formula is C17H34N2O2. The molecular weight excluding hydrogens is 264 g/mol. The molecule has 2 unspecified atom stereocenters. The van der Waals surface area contributed by atoms with Crippen molar-refractivity contribution < 1.29 is 9.53 Å². The van der Waals surface area contributed by atoms with Gasteiger partial charge in [0.25, 0.3) is 0 Å². The first-order valence-electron chi connectivity index (χ1n) is 8.67. The van der Waals surface area contributed by atoms with Gasteiger partial charge in [0.15, 0.2) is 0 Å². The number of piperidine rings is 1. The molecule has 4 heteroatoms. The van der Waals surface area contributed by atoms with Gasteiger partial charge in [0.2, 0.25) is 5.91 Å². The Labute approximate surface area is 130 Å². The van der Waals surface area contributed by atoms with Crippen LogP contribution in [0.3, 0.4) is 0 Å². The number of hydrogen-bond acceptors (Lipinski definition) is 3. The Morgan fingerprint density at radius 1 is 1.38 bits per heavy atom. The normalized spacial score (nSPS) is 20.8. The molecule has 0 saturated carbocycles. The maximum absolute atomic E-state index is 12.4. The molecule has 0 aromatic rings. The number of ether oxygens (including phenoxy) is 1. The van der Waals surface area contributed by atoms with Crippen LogP contribution in [0, 0.1) is 11.8 Å². The fourth-order valence-electron chi connectivity index (χ4n) is 3.08. The SMILES string of the molecule is CCCOC1CCCN(C(=O)CCC(CCN)C(C)C)C1. The van der Waals surface area contributed by atoms with Crippen molar-refractivity contribution in [2.75, 3.05) is 26.2 Å². The molecule has 1 aliphatic rings. The third kappa shape index (κ3) is 6.79. The van der Waals surface area contributed by atoms with E-state index in [1.54, 1.807) is 0 Å². The molecule has 124 valence electrons. The van der Waals surface area contributed by atoms with Crippen molar-refractivity contribution in [2.45, 2.75) is 65.4 Å². The molecule has 0 radical (unpaired) electrons. The van der Waals surface area contributed by atoms with E-state index in [0.29, 0.717) is 30.7 Å².